The molecule has 1 N–H and O–H groups in total. The first kappa shape index (κ1) is 23.3. The minimum absolute atomic E-state index is 0.0111. The van der Waals surface area contributed by atoms with E-state index in [1.807, 2.05) is 18.7 Å². The van der Waals surface area contributed by atoms with Crippen LogP contribution >= 0.6 is 0 Å². The highest BCUT2D eigenvalue weighted by molar-refractivity contribution is 7.89. The number of nitrogens with one attached hydrogen (secondary N) is 1. The summed E-state index contributed by atoms with van der Waals surface area (Å²) in [6.45, 7) is 7.26. The molecule has 0 spiro atoms. The fourth-order valence-electron chi connectivity index (χ4n) is 3.26. The average molecular weight is 440 g/mol. The topological polar surface area (TPSA) is 112 Å². The molecule has 0 saturated carbocycles. The van der Waals surface area contributed by atoms with Gasteiger partial charge in [-0.1, -0.05) is 0 Å². The zero-order valence-electron chi connectivity index (χ0n) is 17.0. The van der Waals surface area contributed by atoms with Crippen LogP contribution in [0.25, 0.3) is 0 Å². The van der Waals surface area contributed by atoms with Gasteiger partial charge in [0.15, 0.2) is 5.96 Å². The standard InChI is InChI=1S/C16H33N5O5S2/c1-15(2)26-12-14-28(24,25)21-10-8-19(9-11-21)16(17-3)18-5-7-20-6-4-13-27(20,22)23/h15H,4-14H2,1-3H3,(H,17,18). The molecule has 12 heteroatoms. The van der Waals surface area contributed by atoms with Crippen molar-refractivity contribution in [1.29, 1.82) is 0 Å². The smallest absolute Gasteiger partial charge is 0.216 e. The van der Waals surface area contributed by atoms with Gasteiger partial charge < -0.3 is 15.0 Å². The zero-order valence-corrected chi connectivity index (χ0v) is 18.6. The van der Waals surface area contributed by atoms with Gasteiger partial charge in [0.1, 0.15) is 0 Å². The molecule has 10 nitrogen and oxygen atoms in total. The number of hydrogen-bond acceptors (Lipinski definition) is 6. The highest BCUT2D eigenvalue weighted by Crippen LogP contribution is 2.12. The van der Waals surface area contributed by atoms with Gasteiger partial charge in [-0.05, 0) is 20.3 Å². The van der Waals surface area contributed by atoms with Gasteiger partial charge >= 0.3 is 0 Å². The Kier molecular flexibility index (Phi) is 8.49. The van der Waals surface area contributed by atoms with Crippen LogP contribution in [0.1, 0.15) is 20.3 Å². The Morgan fingerprint density at radius 1 is 1.18 bits per heavy atom. The number of piperazine rings is 1. The summed E-state index contributed by atoms with van der Waals surface area (Å²) < 4.78 is 56.8. The highest BCUT2D eigenvalue weighted by Gasteiger charge is 2.29. The van der Waals surface area contributed by atoms with Crippen molar-refractivity contribution >= 4 is 26.0 Å². The second kappa shape index (κ2) is 10.2. The number of sulfonamides is 2. The van der Waals surface area contributed by atoms with E-state index < -0.39 is 20.0 Å². The second-order valence-electron chi connectivity index (χ2n) is 7.16. The lowest BCUT2D eigenvalue weighted by molar-refractivity contribution is 0.0904. The Morgan fingerprint density at radius 3 is 2.39 bits per heavy atom. The Hall–Kier alpha value is -0.950. The first-order chi connectivity index (χ1) is 13.2. The molecule has 2 heterocycles. The van der Waals surface area contributed by atoms with Crippen LogP contribution in [-0.2, 0) is 24.8 Å². The van der Waals surface area contributed by atoms with Gasteiger partial charge in [0, 0.05) is 52.9 Å². The number of hydrogen-bond donors (Lipinski definition) is 1. The Balaban J connectivity index is 1.77. The van der Waals surface area contributed by atoms with Crippen LogP contribution in [0, 0.1) is 0 Å². The van der Waals surface area contributed by atoms with Gasteiger partial charge in [-0.2, -0.15) is 4.31 Å². The summed E-state index contributed by atoms with van der Waals surface area (Å²) in [5, 5.41) is 3.19. The Labute approximate surface area is 169 Å². The van der Waals surface area contributed by atoms with E-state index in [1.165, 1.54) is 8.61 Å². The van der Waals surface area contributed by atoms with Crippen LogP contribution in [-0.4, -0.2) is 113 Å². The molecule has 0 aromatic heterocycles. The summed E-state index contributed by atoms with van der Waals surface area (Å²) in [5.74, 6) is 0.875. The van der Waals surface area contributed by atoms with Gasteiger partial charge in [-0.15, -0.1) is 0 Å². The van der Waals surface area contributed by atoms with Crippen LogP contribution < -0.4 is 5.32 Å². The van der Waals surface area contributed by atoms with Gasteiger partial charge in [0.2, 0.25) is 20.0 Å². The van der Waals surface area contributed by atoms with Crippen molar-refractivity contribution < 1.29 is 21.6 Å². The first-order valence-corrected chi connectivity index (χ1v) is 12.9. The molecule has 0 aromatic carbocycles. The van der Waals surface area contributed by atoms with Crippen molar-refractivity contribution in [2.75, 3.05) is 71.0 Å². The molecule has 0 amide bonds. The van der Waals surface area contributed by atoms with Crippen molar-refractivity contribution in [3.8, 4) is 0 Å². The lowest BCUT2D eigenvalue weighted by atomic mass is 10.4. The fourth-order valence-corrected chi connectivity index (χ4v) is 6.08. The molecule has 0 atom stereocenters. The van der Waals surface area contributed by atoms with E-state index in [9.17, 15) is 16.8 Å². The number of rotatable bonds is 8. The van der Waals surface area contributed by atoms with Crippen molar-refractivity contribution in [1.82, 2.24) is 18.8 Å². The number of ether oxygens (including phenoxy) is 1. The lowest BCUT2D eigenvalue weighted by Crippen LogP contribution is -2.54. The molecule has 0 radical (unpaired) electrons. The third-order valence-electron chi connectivity index (χ3n) is 4.78. The van der Waals surface area contributed by atoms with Crippen molar-refractivity contribution in [2.24, 2.45) is 4.99 Å². The fraction of sp³-hybridized carbons (Fsp3) is 0.938. The molecular weight excluding hydrogens is 406 g/mol. The maximum Gasteiger partial charge on any atom is 0.216 e. The highest BCUT2D eigenvalue weighted by atomic mass is 32.2. The Morgan fingerprint density at radius 2 is 1.86 bits per heavy atom. The summed E-state index contributed by atoms with van der Waals surface area (Å²) in [6, 6.07) is 0. The van der Waals surface area contributed by atoms with Gasteiger partial charge in [-0.3, -0.25) is 4.99 Å². The van der Waals surface area contributed by atoms with Gasteiger partial charge in [0.05, 0.1) is 24.2 Å². The van der Waals surface area contributed by atoms with E-state index in [1.54, 1.807) is 7.05 Å². The van der Waals surface area contributed by atoms with E-state index in [-0.39, 0.29) is 24.2 Å². The van der Waals surface area contributed by atoms with Crippen LogP contribution in [0.2, 0.25) is 0 Å². The molecule has 2 aliphatic heterocycles. The number of nitrogens with zero attached hydrogens (tertiary/aromatic N) is 4. The molecule has 0 unspecified atom stereocenters. The maximum atomic E-state index is 12.4. The van der Waals surface area contributed by atoms with Crippen molar-refractivity contribution in [3.63, 3.8) is 0 Å². The summed E-state index contributed by atoms with van der Waals surface area (Å²) in [5.41, 5.74) is 0. The predicted molar refractivity (Wildman–Crippen MR) is 109 cm³/mol. The van der Waals surface area contributed by atoms with Gasteiger partial charge in [-0.25, -0.2) is 21.1 Å². The van der Waals surface area contributed by atoms with E-state index in [4.69, 9.17) is 4.74 Å². The molecule has 2 aliphatic rings. The minimum atomic E-state index is -3.33. The largest absolute Gasteiger partial charge is 0.378 e. The lowest BCUT2D eigenvalue weighted by Gasteiger charge is -2.36. The van der Waals surface area contributed by atoms with E-state index >= 15 is 0 Å². The maximum absolute atomic E-state index is 12.4. The van der Waals surface area contributed by atoms with E-state index in [0.29, 0.717) is 58.2 Å². The Bertz CT molecular complexity index is 731. The summed E-state index contributed by atoms with van der Waals surface area (Å²) >= 11 is 0. The number of aliphatic imine (C=N–C) groups is 1. The molecular formula is C16H33N5O5S2. The predicted octanol–water partition coefficient (Wildman–Crippen LogP) is -1.03. The average Bonchev–Trinajstić information content (AvgIpc) is 2.97. The van der Waals surface area contributed by atoms with Crippen LogP contribution in [0.5, 0.6) is 0 Å². The summed E-state index contributed by atoms with van der Waals surface area (Å²) in [4.78, 5) is 6.24. The molecule has 28 heavy (non-hydrogen) atoms. The molecule has 2 fully saturated rings. The van der Waals surface area contributed by atoms with Crippen LogP contribution in [0.15, 0.2) is 4.99 Å². The van der Waals surface area contributed by atoms with Crippen LogP contribution in [0.3, 0.4) is 0 Å². The summed E-state index contributed by atoms with van der Waals surface area (Å²) in [6.07, 6.45) is 0.687. The van der Waals surface area contributed by atoms with Crippen molar-refractivity contribution in [2.45, 2.75) is 26.4 Å². The van der Waals surface area contributed by atoms with E-state index in [2.05, 4.69) is 10.3 Å². The second-order valence-corrected chi connectivity index (χ2v) is 11.3. The molecule has 0 aliphatic carbocycles. The molecule has 0 aromatic rings. The minimum Gasteiger partial charge on any atom is -0.378 e. The first-order valence-electron chi connectivity index (χ1n) is 9.68. The number of guanidine groups is 1. The van der Waals surface area contributed by atoms with Crippen LogP contribution in [0.4, 0.5) is 0 Å². The molecule has 2 saturated heterocycles. The van der Waals surface area contributed by atoms with E-state index in [0.717, 1.165) is 0 Å². The molecule has 164 valence electrons. The van der Waals surface area contributed by atoms with Crippen molar-refractivity contribution in [3.05, 3.63) is 0 Å². The normalized spacial score (nSPS) is 22.1. The third kappa shape index (κ3) is 6.55. The molecule has 2 rings (SSSR count). The zero-order chi connectivity index (χ0) is 20.8. The quantitative estimate of drug-likeness (QED) is 0.380. The molecule has 0 bridgehead atoms. The SMILES string of the molecule is CN=C(NCCN1CCCS1(=O)=O)N1CCN(S(=O)(=O)CCOC(C)C)CC1. The van der Waals surface area contributed by atoms with Gasteiger partial charge in [0.25, 0.3) is 0 Å². The third-order valence-corrected chi connectivity index (χ3v) is 8.57. The monoisotopic (exact) mass is 439 g/mol. The summed E-state index contributed by atoms with van der Waals surface area (Å²) in [7, 11) is -4.76.